The number of hydrogen-bond acceptors (Lipinski definition) is 3. The zero-order chi connectivity index (χ0) is 16.3. The molecule has 1 aromatic carbocycles. The molecule has 1 unspecified atom stereocenters. The van der Waals surface area contributed by atoms with Gasteiger partial charge in [-0.3, -0.25) is 9.69 Å². The van der Waals surface area contributed by atoms with Gasteiger partial charge < -0.3 is 10.2 Å². The molecule has 2 aliphatic heterocycles. The van der Waals surface area contributed by atoms with Crippen LogP contribution >= 0.6 is 24.0 Å². The van der Waals surface area contributed by atoms with Crippen LogP contribution in [-0.2, 0) is 11.2 Å². The molecule has 0 spiro atoms. The third-order valence-corrected chi connectivity index (χ3v) is 5.31. The second-order valence-electron chi connectivity index (χ2n) is 7.20. The van der Waals surface area contributed by atoms with Crippen LogP contribution in [0.15, 0.2) is 24.3 Å². The summed E-state index contributed by atoms with van der Waals surface area (Å²) in [6.07, 6.45) is 1.72. The second kappa shape index (κ2) is 8.52. The van der Waals surface area contributed by atoms with Crippen LogP contribution in [0.4, 0.5) is 0 Å². The van der Waals surface area contributed by atoms with Crippen molar-refractivity contribution in [2.75, 3.05) is 45.8 Å². The minimum atomic E-state index is 0. The summed E-state index contributed by atoms with van der Waals surface area (Å²) in [5, 5.41) is 4.17. The molecular weight excluding hydrogens is 345 g/mol. The monoisotopic (exact) mass is 371 g/mol. The molecule has 0 saturated carbocycles. The maximum atomic E-state index is 12.4. The molecule has 4 nitrogen and oxygen atoms in total. The molecule has 0 radical (unpaired) electrons. The lowest BCUT2D eigenvalue weighted by molar-refractivity contribution is -0.132. The van der Waals surface area contributed by atoms with Crippen molar-refractivity contribution in [2.24, 2.45) is 5.41 Å². The van der Waals surface area contributed by atoms with Crippen molar-refractivity contribution >= 4 is 29.9 Å². The van der Waals surface area contributed by atoms with Crippen LogP contribution in [-0.4, -0.2) is 61.5 Å². The van der Waals surface area contributed by atoms with Gasteiger partial charge in [0.15, 0.2) is 0 Å². The van der Waals surface area contributed by atoms with Crippen molar-refractivity contribution in [1.29, 1.82) is 0 Å². The standard InChI is InChI=1S/C18H26ClN3O.ClH/c1-18(6-7-20-13-18)14-21-8-10-22(11-9-21)17(23)12-15-2-4-16(19)5-3-15;/h2-5,20H,6-14H2,1H3;1H. The van der Waals surface area contributed by atoms with E-state index >= 15 is 0 Å². The van der Waals surface area contributed by atoms with E-state index in [0.29, 0.717) is 16.9 Å². The predicted molar refractivity (Wildman–Crippen MR) is 101 cm³/mol. The van der Waals surface area contributed by atoms with Crippen LogP contribution < -0.4 is 5.32 Å². The van der Waals surface area contributed by atoms with Gasteiger partial charge in [-0.05, 0) is 36.1 Å². The zero-order valence-corrected chi connectivity index (χ0v) is 15.8. The van der Waals surface area contributed by atoms with Crippen molar-refractivity contribution in [3.05, 3.63) is 34.9 Å². The van der Waals surface area contributed by atoms with E-state index < -0.39 is 0 Å². The molecule has 0 bridgehead atoms. The molecule has 0 aliphatic carbocycles. The third kappa shape index (κ3) is 5.09. The first-order valence-corrected chi connectivity index (χ1v) is 8.87. The van der Waals surface area contributed by atoms with Crippen molar-refractivity contribution in [2.45, 2.75) is 19.8 Å². The quantitative estimate of drug-likeness (QED) is 0.882. The highest BCUT2D eigenvalue weighted by Crippen LogP contribution is 2.26. The maximum Gasteiger partial charge on any atom is 0.227 e. The molecule has 1 atom stereocenters. The normalized spacial score (nSPS) is 24.7. The Kier molecular flexibility index (Phi) is 6.93. The van der Waals surface area contributed by atoms with Crippen LogP contribution in [0.5, 0.6) is 0 Å². The van der Waals surface area contributed by atoms with Gasteiger partial charge in [-0.1, -0.05) is 30.7 Å². The summed E-state index contributed by atoms with van der Waals surface area (Å²) in [6.45, 7) is 9.42. The molecule has 2 saturated heterocycles. The Morgan fingerprint density at radius 1 is 1.21 bits per heavy atom. The lowest BCUT2D eigenvalue weighted by Gasteiger charge is -2.38. The SMILES string of the molecule is CC1(CN2CCN(C(=O)Cc3ccc(Cl)cc3)CC2)CCNC1.Cl. The van der Waals surface area contributed by atoms with Gasteiger partial charge in [0.2, 0.25) is 5.91 Å². The van der Waals surface area contributed by atoms with E-state index in [9.17, 15) is 4.79 Å². The number of benzene rings is 1. The van der Waals surface area contributed by atoms with Crippen molar-refractivity contribution < 1.29 is 4.79 Å². The van der Waals surface area contributed by atoms with E-state index in [1.165, 1.54) is 6.42 Å². The third-order valence-electron chi connectivity index (χ3n) is 5.06. The van der Waals surface area contributed by atoms with E-state index in [-0.39, 0.29) is 18.3 Å². The Hall–Kier alpha value is -0.810. The van der Waals surface area contributed by atoms with E-state index in [2.05, 4.69) is 17.1 Å². The van der Waals surface area contributed by atoms with E-state index in [4.69, 9.17) is 11.6 Å². The first-order chi connectivity index (χ1) is 11.0. The van der Waals surface area contributed by atoms with Gasteiger partial charge in [-0.25, -0.2) is 0 Å². The molecule has 0 aromatic heterocycles. The van der Waals surface area contributed by atoms with Gasteiger partial charge in [-0.2, -0.15) is 0 Å². The largest absolute Gasteiger partial charge is 0.340 e. The number of carbonyl (C=O) groups is 1. The average Bonchev–Trinajstić information content (AvgIpc) is 2.96. The van der Waals surface area contributed by atoms with Gasteiger partial charge >= 0.3 is 0 Å². The molecule has 6 heteroatoms. The van der Waals surface area contributed by atoms with Crippen LogP contribution in [0, 0.1) is 5.41 Å². The molecule has 1 amide bonds. The number of nitrogens with one attached hydrogen (secondary N) is 1. The van der Waals surface area contributed by atoms with E-state index in [0.717, 1.165) is 51.4 Å². The van der Waals surface area contributed by atoms with Gasteiger partial charge in [0.1, 0.15) is 0 Å². The first kappa shape index (κ1) is 19.5. The Labute approximate surface area is 155 Å². The van der Waals surface area contributed by atoms with Crippen LogP contribution in [0.1, 0.15) is 18.9 Å². The average molecular weight is 372 g/mol. The fraction of sp³-hybridized carbons (Fsp3) is 0.611. The predicted octanol–water partition coefficient (Wildman–Crippen LogP) is 2.45. The Morgan fingerprint density at radius 2 is 1.88 bits per heavy atom. The molecule has 2 heterocycles. The topological polar surface area (TPSA) is 35.6 Å². The zero-order valence-electron chi connectivity index (χ0n) is 14.3. The molecule has 2 aliphatic rings. The highest BCUT2D eigenvalue weighted by molar-refractivity contribution is 6.30. The number of carbonyl (C=O) groups excluding carboxylic acids is 1. The summed E-state index contributed by atoms with van der Waals surface area (Å²) in [5.41, 5.74) is 1.43. The molecule has 2 fully saturated rings. The minimum absolute atomic E-state index is 0. The number of halogens is 2. The fourth-order valence-corrected chi connectivity index (χ4v) is 3.71. The van der Waals surface area contributed by atoms with E-state index in [1.54, 1.807) is 0 Å². The fourth-order valence-electron chi connectivity index (χ4n) is 3.59. The highest BCUT2D eigenvalue weighted by atomic mass is 35.5. The molecule has 1 aromatic rings. The second-order valence-corrected chi connectivity index (χ2v) is 7.63. The first-order valence-electron chi connectivity index (χ1n) is 8.49. The van der Waals surface area contributed by atoms with Crippen molar-refractivity contribution in [3.63, 3.8) is 0 Å². The van der Waals surface area contributed by atoms with Crippen molar-refractivity contribution in [3.8, 4) is 0 Å². The molecule has 134 valence electrons. The summed E-state index contributed by atoms with van der Waals surface area (Å²) in [6, 6.07) is 7.56. The lowest BCUT2D eigenvalue weighted by Crippen LogP contribution is -2.51. The van der Waals surface area contributed by atoms with Crippen LogP contribution in [0.25, 0.3) is 0 Å². The number of hydrogen-bond donors (Lipinski definition) is 1. The number of nitrogens with zero attached hydrogens (tertiary/aromatic N) is 2. The molecule has 1 N–H and O–H groups in total. The smallest absolute Gasteiger partial charge is 0.227 e. The van der Waals surface area contributed by atoms with E-state index in [1.807, 2.05) is 29.2 Å². The van der Waals surface area contributed by atoms with Crippen LogP contribution in [0.3, 0.4) is 0 Å². The van der Waals surface area contributed by atoms with Crippen molar-refractivity contribution in [1.82, 2.24) is 15.1 Å². The maximum absolute atomic E-state index is 12.4. The lowest BCUT2D eigenvalue weighted by atomic mass is 9.89. The minimum Gasteiger partial charge on any atom is -0.340 e. The summed E-state index contributed by atoms with van der Waals surface area (Å²) in [4.78, 5) is 16.9. The summed E-state index contributed by atoms with van der Waals surface area (Å²) in [7, 11) is 0. The number of rotatable bonds is 4. The molecule has 3 rings (SSSR count). The van der Waals surface area contributed by atoms with Gasteiger partial charge in [-0.15, -0.1) is 12.4 Å². The Morgan fingerprint density at radius 3 is 2.46 bits per heavy atom. The Balaban J connectivity index is 0.00000208. The molecule has 24 heavy (non-hydrogen) atoms. The Bertz CT molecular complexity index is 536. The number of piperazine rings is 1. The van der Waals surface area contributed by atoms with Crippen LogP contribution in [0.2, 0.25) is 5.02 Å². The summed E-state index contributed by atoms with van der Waals surface area (Å²) in [5.74, 6) is 0.223. The summed E-state index contributed by atoms with van der Waals surface area (Å²) < 4.78 is 0. The summed E-state index contributed by atoms with van der Waals surface area (Å²) >= 11 is 5.89. The van der Waals surface area contributed by atoms with Gasteiger partial charge in [0.25, 0.3) is 0 Å². The number of amides is 1. The van der Waals surface area contributed by atoms with Gasteiger partial charge in [0.05, 0.1) is 6.42 Å². The van der Waals surface area contributed by atoms with Gasteiger partial charge in [0, 0.05) is 44.3 Å². The molecular formula is C18H27Cl2N3O. The highest BCUT2D eigenvalue weighted by Gasteiger charge is 2.32.